The number of rotatable bonds is 18. The zero-order chi connectivity index (χ0) is 27.0. The zero-order valence-electron chi connectivity index (χ0n) is 22.7. The number of aliphatic hydroxyl groups excluding tert-OH is 2. The van der Waals surface area contributed by atoms with Crippen molar-refractivity contribution in [2.24, 2.45) is 0 Å². The van der Waals surface area contributed by atoms with Crippen molar-refractivity contribution < 1.29 is 33.5 Å². The van der Waals surface area contributed by atoms with Gasteiger partial charge in [-0.25, -0.2) is 0 Å². The summed E-state index contributed by atoms with van der Waals surface area (Å²) in [6, 6.07) is 29.1. The number of hydrogen-bond donors (Lipinski definition) is 2. The largest absolute Gasteiger partial charge is 0.388 e. The van der Waals surface area contributed by atoms with E-state index in [2.05, 4.69) is 0 Å². The molecule has 0 saturated heterocycles. The Hall–Kier alpha value is -2.13. The fourth-order valence-electron chi connectivity index (χ4n) is 3.84. The second-order valence-electron chi connectivity index (χ2n) is 8.63. The second-order valence-corrected chi connectivity index (χ2v) is 10.2. The van der Waals surface area contributed by atoms with Crippen LogP contribution in [0.2, 0.25) is 0 Å². The summed E-state index contributed by atoms with van der Waals surface area (Å²) in [5, 5.41) is 22.8. The van der Waals surface area contributed by atoms with Gasteiger partial charge in [-0.05, 0) is 30.5 Å². The average Bonchev–Trinajstić information content (AvgIpc) is 2.96. The van der Waals surface area contributed by atoms with E-state index in [4.69, 9.17) is 23.3 Å². The Morgan fingerprint density at radius 3 is 1.46 bits per heavy atom. The van der Waals surface area contributed by atoms with Gasteiger partial charge in [-0.2, -0.15) is 0 Å². The Bertz CT molecular complexity index is 994. The lowest BCUT2D eigenvalue weighted by molar-refractivity contribution is -0.165. The van der Waals surface area contributed by atoms with Crippen LogP contribution in [-0.4, -0.2) is 62.6 Å². The highest BCUT2D eigenvalue weighted by Gasteiger charge is 2.41. The van der Waals surface area contributed by atoms with Crippen LogP contribution in [0.3, 0.4) is 0 Å². The van der Waals surface area contributed by atoms with Crippen molar-refractivity contribution in [2.75, 3.05) is 19.8 Å². The summed E-state index contributed by atoms with van der Waals surface area (Å²) in [7, 11) is -1.71. The van der Waals surface area contributed by atoms with Gasteiger partial charge in [0.2, 0.25) is 8.38 Å². The molecule has 0 heterocycles. The second kappa shape index (κ2) is 19.0. The van der Waals surface area contributed by atoms with E-state index in [9.17, 15) is 10.2 Å². The van der Waals surface area contributed by atoms with Gasteiger partial charge in [-0.1, -0.05) is 91.0 Å². The van der Waals surface area contributed by atoms with Crippen LogP contribution in [0.15, 0.2) is 91.0 Å². The molecule has 7 nitrogen and oxygen atoms in total. The SMILES string of the molecule is CCOP(OCC)[C@@H](O)[C@@H](OCc1ccccc1)[C@H](OCc1ccccc1)[C@H](O)COCc1ccccc1.[B]. The summed E-state index contributed by atoms with van der Waals surface area (Å²) in [5.41, 5.74) is 2.86. The number of hydrogen-bond acceptors (Lipinski definition) is 7. The van der Waals surface area contributed by atoms with E-state index >= 15 is 0 Å². The van der Waals surface area contributed by atoms with Crippen molar-refractivity contribution in [1.82, 2.24) is 0 Å². The maximum absolute atomic E-state index is 11.5. The molecule has 9 heteroatoms. The smallest absolute Gasteiger partial charge is 0.204 e. The van der Waals surface area contributed by atoms with Crippen molar-refractivity contribution in [3.63, 3.8) is 0 Å². The first kappa shape index (κ1) is 33.1. The Balaban J connectivity index is 0.00000533. The van der Waals surface area contributed by atoms with Crippen LogP contribution in [0.1, 0.15) is 30.5 Å². The van der Waals surface area contributed by atoms with Crippen molar-refractivity contribution in [3.8, 4) is 0 Å². The lowest BCUT2D eigenvalue weighted by Crippen LogP contribution is -2.49. The van der Waals surface area contributed by atoms with Gasteiger partial charge in [0, 0.05) is 8.41 Å². The van der Waals surface area contributed by atoms with Gasteiger partial charge < -0.3 is 33.5 Å². The highest BCUT2D eigenvalue weighted by atomic mass is 31.2. The lowest BCUT2D eigenvalue weighted by atomic mass is 10.1. The highest BCUT2D eigenvalue weighted by Crippen LogP contribution is 2.45. The third kappa shape index (κ3) is 11.5. The summed E-state index contributed by atoms with van der Waals surface area (Å²) >= 11 is 0. The van der Waals surface area contributed by atoms with E-state index in [1.807, 2.05) is 105 Å². The lowest BCUT2D eigenvalue weighted by Gasteiger charge is -2.36. The third-order valence-corrected chi connectivity index (χ3v) is 7.45. The number of benzene rings is 3. The molecule has 0 bridgehead atoms. The summed E-state index contributed by atoms with van der Waals surface area (Å²) in [6.07, 6.45) is -2.95. The molecule has 0 saturated carbocycles. The normalized spacial score (nSPS) is 14.4. The van der Waals surface area contributed by atoms with Crippen LogP contribution in [0.4, 0.5) is 0 Å². The van der Waals surface area contributed by atoms with Gasteiger partial charge >= 0.3 is 0 Å². The quantitative estimate of drug-likeness (QED) is 0.168. The first-order chi connectivity index (χ1) is 18.6. The first-order valence-corrected chi connectivity index (χ1v) is 14.2. The van der Waals surface area contributed by atoms with Crippen LogP contribution < -0.4 is 0 Å². The molecule has 209 valence electrons. The van der Waals surface area contributed by atoms with Gasteiger partial charge in [-0.3, -0.25) is 0 Å². The summed E-state index contributed by atoms with van der Waals surface area (Å²) < 4.78 is 29.9. The maximum atomic E-state index is 11.5. The molecule has 3 aromatic rings. The molecule has 0 spiro atoms. The number of aliphatic hydroxyl groups is 2. The van der Waals surface area contributed by atoms with E-state index < -0.39 is 32.5 Å². The van der Waals surface area contributed by atoms with Crippen molar-refractivity contribution in [2.45, 2.75) is 57.8 Å². The van der Waals surface area contributed by atoms with Crippen molar-refractivity contribution in [1.29, 1.82) is 0 Å². The Morgan fingerprint density at radius 2 is 1.03 bits per heavy atom. The Morgan fingerprint density at radius 1 is 0.615 bits per heavy atom. The maximum Gasteiger partial charge on any atom is 0.204 e. The van der Waals surface area contributed by atoms with E-state index in [0.717, 1.165) is 16.7 Å². The van der Waals surface area contributed by atoms with E-state index in [-0.39, 0.29) is 28.2 Å². The predicted molar refractivity (Wildman–Crippen MR) is 154 cm³/mol. The molecule has 0 aliphatic carbocycles. The van der Waals surface area contributed by atoms with Crippen molar-refractivity contribution in [3.05, 3.63) is 108 Å². The van der Waals surface area contributed by atoms with E-state index in [0.29, 0.717) is 19.8 Å². The van der Waals surface area contributed by atoms with Crippen LogP contribution >= 0.6 is 8.38 Å². The molecular formula is C30H39BO7P. The predicted octanol–water partition coefficient (Wildman–Crippen LogP) is 5.06. The van der Waals surface area contributed by atoms with E-state index in [1.54, 1.807) is 0 Å². The zero-order valence-corrected chi connectivity index (χ0v) is 23.6. The van der Waals surface area contributed by atoms with Crippen LogP contribution in [-0.2, 0) is 43.1 Å². The minimum atomic E-state index is -1.71. The molecule has 3 radical (unpaired) electrons. The molecule has 0 aliphatic rings. The van der Waals surface area contributed by atoms with Gasteiger partial charge in [0.1, 0.15) is 18.3 Å². The molecule has 0 amide bonds. The van der Waals surface area contributed by atoms with Crippen molar-refractivity contribution >= 4 is 16.8 Å². The molecule has 2 N–H and O–H groups in total. The monoisotopic (exact) mass is 553 g/mol. The molecule has 3 rings (SSSR count). The van der Waals surface area contributed by atoms with Gasteiger partial charge in [0.05, 0.1) is 39.6 Å². The summed E-state index contributed by atoms with van der Waals surface area (Å²) in [5.74, 6) is -1.17. The topological polar surface area (TPSA) is 86.6 Å². The summed E-state index contributed by atoms with van der Waals surface area (Å²) in [6.45, 7) is 5.19. The molecule has 0 aliphatic heterocycles. The van der Waals surface area contributed by atoms with Crippen LogP contribution in [0, 0.1) is 0 Å². The van der Waals surface area contributed by atoms with Gasteiger partial charge in [0.25, 0.3) is 0 Å². The minimum Gasteiger partial charge on any atom is -0.388 e. The average molecular weight is 553 g/mol. The van der Waals surface area contributed by atoms with Crippen LogP contribution in [0.5, 0.6) is 0 Å². The molecule has 0 unspecified atom stereocenters. The fourth-order valence-corrected chi connectivity index (χ4v) is 5.22. The fraction of sp³-hybridized carbons (Fsp3) is 0.400. The minimum absolute atomic E-state index is 0. The first-order valence-electron chi connectivity index (χ1n) is 13.0. The molecular weight excluding hydrogens is 514 g/mol. The Labute approximate surface area is 235 Å². The van der Waals surface area contributed by atoms with E-state index in [1.165, 1.54) is 0 Å². The molecule has 3 aromatic carbocycles. The molecule has 39 heavy (non-hydrogen) atoms. The third-order valence-electron chi connectivity index (χ3n) is 5.70. The van der Waals surface area contributed by atoms with Gasteiger partial charge in [-0.15, -0.1) is 0 Å². The molecule has 0 aromatic heterocycles. The molecule has 4 atom stereocenters. The summed E-state index contributed by atoms with van der Waals surface area (Å²) in [4.78, 5) is 0. The van der Waals surface area contributed by atoms with Crippen LogP contribution in [0.25, 0.3) is 0 Å². The number of ether oxygens (including phenoxy) is 3. The molecule has 0 fully saturated rings. The Kier molecular flexibility index (Phi) is 16.1. The van der Waals surface area contributed by atoms with Gasteiger partial charge in [0.15, 0.2) is 5.85 Å². The highest BCUT2D eigenvalue weighted by molar-refractivity contribution is 7.47. The standard InChI is InChI=1S/C30H39O7P.B/c1-3-36-38(37-4-2)30(32)29(35-22-26-18-12-7-13-19-26)28(34-21-25-16-10-6-11-17-25)27(31)23-33-20-24-14-8-5-9-15-24;/h5-19,27-32H,3-4,20-23H2,1-2H3;/t27-,28-,29+,30-;/m1./s1.